The highest BCUT2D eigenvalue weighted by molar-refractivity contribution is 6.06. The largest absolute Gasteiger partial charge is 0.493 e. The summed E-state index contributed by atoms with van der Waals surface area (Å²) in [6.45, 7) is 2.50. The van der Waals surface area contributed by atoms with Crippen molar-refractivity contribution in [3.8, 4) is 11.5 Å². The number of nitrogens with one attached hydrogen (secondary N) is 1. The molecule has 9 nitrogen and oxygen atoms in total. The Morgan fingerprint density at radius 2 is 1.96 bits per heavy atom. The summed E-state index contributed by atoms with van der Waals surface area (Å²) in [5.74, 6) is 0.424. The van der Waals surface area contributed by atoms with Crippen LogP contribution < -0.4 is 20.5 Å². The van der Waals surface area contributed by atoms with Crippen LogP contribution >= 0.6 is 0 Å². The molecular formula is C19H20N4O5. The number of para-hydroxylation sites is 2. The number of carbonyl (C=O) groups is 2. The van der Waals surface area contributed by atoms with Crippen LogP contribution in [0.2, 0.25) is 0 Å². The molecule has 0 atom stereocenters. The summed E-state index contributed by atoms with van der Waals surface area (Å²) >= 11 is 0. The first-order valence-corrected chi connectivity index (χ1v) is 8.55. The number of aryl methyl sites for hydroxylation is 1. The van der Waals surface area contributed by atoms with Crippen LogP contribution in [0.5, 0.6) is 11.5 Å². The Labute approximate surface area is 161 Å². The highest BCUT2D eigenvalue weighted by atomic mass is 16.5. The van der Waals surface area contributed by atoms with Crippen LogP contribution in [0.15, 0.2) is 47.0 Å². The Morgan fingerprint density at radius 1 is 1.21 bits per heavy atom. The Bertz CT molecular complexity index is 992. The van der Waals surface area contributed by atoms with E-state index in [0.717, 1.165) is 0 Å². The van der Waals surface area contributed by atoms with Crippen molar-refractivity contribution in [2.75, 3.05) is 12.4 Å². The van der Waals surface area contributed by atoms with E-state index in [1.165, 1.54) is 16.9 Å². The monoisotopic (exact) mass is 384 g/mol. The summed E-state index contributed by atoms with van der Waals surface area (Å²) in [6, 6.07) is 10.4. The molecule has 2 aromatic heterocycles. The topological polar surface area (TPSA) is 122 Å². The lowest BCUT2D eigenvalue weighted by Crippen LogP contribution is -2.17. The summed E-state index contributed by atoms with van der Waals surface area (Å²) in [6.07, 6.45) is 1.53. The molecule has 146 valence electrons. The van der Waals surface area contributed by atoms with Gasteiger partial charge >= 0.3 is 0 Å². The molecule has 0 aliphatic heterocycles. The van der Waals surface area contributed by atoms with Crippen LogP contribution in [0.4, 0.5) is 5.69 Å². The van der Waals surface area contributed by atoms with Crippen molar-refractivity contribution < 1.29 is 23.5 Å². The zero-order valence-corrected chi connectivity index (χ0v) is 15.5. The summed E-state index contributed by atoms with van der Waals surface area (Å²) < 4.78 is 17.9. The fraction of sp³-hybridized carbons (Fsp3) is 0.211. The summed E-state index contributed by atoms with van der Waals surface area (Å²) in [4.78, 5) is 23.9. The number of rotatable bonds is 8. The number of primary amides is 1. The van der Waals surface area contributed by atoms with Crippen LogP contribution in [0.25, 0.3) is 0 Å². The Hall–Kier alpha value is -3.75. The van der Waals surface area contributed by atoms with Gasteiger partial charge in [0.25, 0.3) is 11.8 Å². The summed E-state index contributed by atoms with van der Waals surface area (Å²) in [5.41, 5.74) is 5.52. The van der Waals surface area contributed by atoms with E-state index in [9.17, 15) is 9.59 Å². The molecule has 3 aromatic rings. The number of hydrogen-bond donors (Lipinski definition) is 2. The zero-order chi connectivity index (χ0) is 20.1. The molecule has 3 N–H and O–H groups in total. The second-order valence-corrected chi connectivity index (χ2v) is 5.77. The van der Waals surface area contributed by atoms with Crippen LogP contribution in [0.3, 0.4) is 0 Å². The predicted molar refractivity (Wildman–Crippen MR) is 100 cm³/mol. The highest BCUT2D eigenvalue weighted by Crippen LogP contribution is 2.27. The van der Waals surface area contributed by atoms with Gasteiger partial charge in [0.2, 0.25) is 0 Å². The lowest BCUT2D eigenvalue weighted by Gasteiger charge is -2.08. The Morgan fingerprint density at radius 3 is 2.64 bits per heavy atom. The van der Waals surface area contributed by atoms with Gasteiger partial charge in [0.15, 0.2) is 23.0 Å². The molecule has 2 heterocycles. The van der Waals surface area contributed by atoms with Gasteiger partial charge in [-0.25, -0.2) is 0 Å². The first-order valence-electron chi connectivity index (χ1n) is 8.55. The zero-order valence-electron chi connectivity index (χ0n) is 15.5. The molecule has 1 aromatic carbocycles. The molecule has 0 aliphatic carbocycles. The average molecular weight is 384 g/mol. The van der Waals surface area contributed by atoms with Gasteiger partial charge in [-0.2, -0.15) is 5.10 Å². The number of ether oxygens (including phenoxy) is 2. The van der Waals surface area contributed by atoms with Crippen LogP contribution in [0, 0.1) is 0 Å². The number of methoxy groups -OCH3 is 1. The quantitative estimate of drug-likeness (QED) is 0.615. The van der Waals surface area contributed by atoms with Gasteiger partial charge in [0.05, 0.1) is 12.8 Å². The average Bonchev–Trinajstić information content (AvgIpc) is 3.33. The Balaban J connectivity index is 1.67. The molecular weight excluding hydrogens is 364 g/mol. The van der Waals surface area contributed by atoms with Crippen molar-refractivity contribution in [2.24, 2.45) is 5.73 Å². The molecule has 0 fully saturated rings. The molecule has 0 aliphatic rings. The molecule has 0 radical (unpaired) electrons. The van der Waals surface area contributed by atoms with Crippen LogP contribution in [-0.2, 0) is 13.2 Å². The van der Waals surface area contributed by atoms with Gasteiger partial charge in [-0.1, -0.05) is 12.1 Å². The number of amides is 2. The predicted octanol–water partition coefficient (Wildman–Crippen LogP) is 2.43. The van der Waals surface area contributed by atoms with Crippen LogP contribution in [-0.4, -0.2) is 28.7 Å². The van der Waals surface area contributed by atoms with Gasteiger partial charge in [-0.3, -0.25) is 14.3 Å². The fourth-order valence-electron chi connectivity index (χ4n) is 2.51. The van der Waals surface area contributed by atoms with Gasteiger partial charge in [-0.05, 0) is 31.2 Å². The lowest BCUT2D eigenvalue weighted by atomic mass is 10.3. The maximum Gasteiger partial charge on any atom is 0.291 e. The molecule has 9 heteroatoms. The van der Waals surface area contributed by atoms with Crippen LogP contribution in [0.1, 0.15) is 33.7 Å². The third-order valence-electron chi connectivity index (χ3n) is 3.89. The first kappa shape index (κ1) is 19.0. The third kappa shape index (κ3) is 4.14. The molecule has 3 rings (SSSR count). The second kappa shape index (κ2) is 8.30. The van der Waals surface area contributed by atoms with Crippen molar-refractivity contribution in [2.45, 2.75) is 20.1 Å². The molecule has 0 bridgehead atoms. The van der Waals surface area contributed by atoms with Gasteiger partial charge < -0.3 is 24.9 Å². The van der Waals surface area contributed by atoms with Crippen molar-refractivity contribution in [1.29, 1.82) is 0 Å². The minimum Gasteiger partial charge on any atom is -0.493 e. The summed E-state index contributed by atoms with van der Waals surface area (Å²) in [5, 5.41) is 6.61. The SMILES string of the molecule is CCn1cc(NC(=O)c2ccc(COc3ccccc3OC)o2)c(C(N)=O)n1. The number of furan rings is 1. The van der Waals surface area contributed by atoms with Gasteiger partial charge in [-0.15, -0.1) is 0 Å². The molecule has 0 spiro atoms. The Kier molecular flexibility index (Phi) is 5.64. The van der Waals surface area contributed by atoms with E-state index < -0.39 is 11.8 Å². The van der Waals surface area contributed by atoms with Gasteiger partial charge in [0.1, 0.15) is 12.4 Å². The number of nitrogens with two attached hydrogens (primary N) is 1. The fourth-order valence-corrected chi connectivity index (χ4v) is 2.51. The van der Waals surface area contributed by atoms with E-state index in [2.05, 4.69) is 10.4 Å². The number of carbonyl (C=O) groups excluding carboxylic acids is 2. The third-order valence-corrected chi connectivity index (χ3v) is 3.89. The smallest absolute Gasteiger partial charge is 0.291 e. The first-order chi connectivity index (χ1) is 13.5. The normalized spacial score (nSPS) is 10.5. The standard InChI is InChI=1S/C19H20N4O5/c1-3-23-10-13(17(22-23)18(20)24)21-19(25)16-9-8-12(28-16)11-27-15-7-5-4-6-14(15)26-2/h4-10H,3,11H2,1-2H3,(H2,20,24)(H,21,25). The maximum atomic E-state index is 12.4. The van der Waals surface area contributed by atoms with E-state index >= 15 is 0 Å². The maximum absolute atomic E-state index is 12.4. The number of aromatic nitrogens is 2. The van der Waals surface area contributed by atoms with E-state index in [4.69, 9.17) is 19.6 Å². The van der Waals surface area contributed by atoms with Gasteiger partial charge in [0, 0.05) is 12.7 Å². The van der Waals surface area contributed by atoms with Crippen molar-refractivity contribution in [3.05, 3.63) is 59.8 Å². The second-order valence-electron chi connectivity index (χ2n) is 5.77. The van der Waals surface area contributed by atoms with Crippen molar-refractivity contribution in [3.63, 3.8) is 0 Å². The van der Waals surface area contributed by atoms with Crippen molar-refractivity contribution in [1.82, 2.24) is 9.78 Å². The minimum absolute atomic E-state index is 0.0125. The number of hydrogen-bond acceptors (Lipinski definition) is 6. The summed E-state index contributed by atoms with van der Waals surface area (Å²) in [7, 11) is 1.55. The molecule has 2 amide bonds. The molecule has 28 heavy (non-hydrogen) atoms. The molecule has 0 saturated carbocycles. The van der Waals surface area contributed by atoms with E-state index in [0.29, 0.717) is 23.8 Å². The number of nitrogens with zero attached hydrogens (tertiary/aromatic N) is 2. The highest BCUT2D eigenvalue weighted by Gasteiger charge is 2.19. The number of anilines is 1. The van der Waals surface area contributed by atoms with E-state index in [-0.39, 0.29) is 23.7 Å². The van der Waals surface area contributed by atoms with Crippen molar-refractivity contribution >= 4 is 17.5 Å². The number of benzene rings is 1. The molecule has 0 unspecified atom stereocenters. The van der Waals surface area contributed by atoms with E-state index in [1.807, 2.05) is 19.1 Å². The lowest BCUT2D eigenvalue weighted by molar-refractivity contribution is 0.0992. The molecule has 0 saturated heterocycles. The van der Waals surface area contributed by atoms with E-state index in [1.54, 1.807) is 25.3 Å². The minimum atomic E-state index is -0.729.